The van der Waals surface area contributed by atoms with Crippen LogP contribution in [0.2, 0.25) is 5.02 Å². The van der Waals surface area contributed by atoms with Crippen LogP contribution in [0.25, 0.3) is 0 Å². The maximum Gasteiger partial charge on any atom is 0.243 e. The van der Waals surface area contributed by atoms with E-state index in [1.807, 2.05) is 6.92 Å². The van der Waals surface area contributed by atoms with Gasteiger partial charge in [0.25, 0.3) is 0 Å². The molecule has 0 saturated heterocycles. The van der Waals surface area contributed by atoms with E-state index in [1.165, 1.54) is 19.2 Å². The summed E-state index contributed by atoms with van der Waals surface area (Å²) in [6.07, 6.45) is 0. The van der Waals surface area contributed by atoms with E-state index < -0.39 is 15.9 Å². The minimum atomic E-state index is -3.70. The van der Waals surface area contributed by atoms with E-state index in [9.17, 15) is 13.2 Å². The largest absolute Gasteiger partial charge is 0.325 e. The predicted octanol–water partition coefficient (Wildman–Crippen LogP) is 2.91. The van der Waals surface area contributed by atoms with Crippen LogP contribution in [0.1, 0.15) is 5.56 Å². The lowest BCUT2D eigenvalue weighted by Gasteiger charge is -2.17. The Bertz CT molecular complexity index is 807. The average molecular weight is 353 g/mol. The molecule has 23 heavy (non-hydrogen) atoms. The fraction of sp³-hybridized carbons (Fsp3) is 0.188. The first-order valence-electron chi connectivity index (χ1n) is 6.88. The van der Waals surface area contributed by atoms with Crippen LogP contribution in [0.3, 0.4) is 0 Å². The number of hydrogen-bond donors (Lipinski definition) is 1. The van der Waals surface area contributed by atoms with Gasteiger partial charge in [-0.25, -0.2) is 8.42 Å². The number of carbonyl (C=O) groups is 1. The van der Waals surface area contributed by atoms with E-state index in [1.54, 1.807) is 36.4 Å². The first-order valence-corrected chi connectivity index (χ1v) is 8.70. The Balaban J connectivity index is 2.09. The van der Waals surface area contributed by atoms with Crippen LogP contribution in [0, 0.1) is 6.92 Å². The molecule has 2 aromatic carbocycles. The van der Waals surface area contributed by atoms with Crippen molar-refractivity contribution in [1.29, 1.82) is 0 Å². The third-order valence-electron chi connectivity index (χ3n) is 3.29. The van der Waals surface area contributed by atoms with Crippen LogP contribution >= 0.6 is 11.6 Å². The highest BCUT2D eigenvalue weighted by Crippen LogP contribution is 2.20. The first-order chi connectivity index (χ1) is 10.8. The number of nitrogens with one attached hydrogen (secondary N) is 1. The van der Waals surface area contributed by atoms with Crippen LogP contribution in [0.15, 0.2) is 53.4 Å². The van der Waals surface area contributed by atoms with Gasteiger partial charge in [-0.3, -0.25) is 4.79 Å². The molecule has 1 N–H and O–H groups in total. The van der Waals surface area contributed by atoms with Gasteiger partial charge < -0.3 is 5.32 Å². The number of nitrogens with zero attached hydrogens (tertiary/aromatic N) is 1. The average Bonchev–Trinajstić information content (AvgIpc) is 2.51. The molecule has 5 nitrogen and oxygen atoms in total. The molecule has 0 saturated carbocycles. The maximum absolute atomic E-state index is 12.4. The van der Waals surface area contributed by atoms with Crippen LogP contribution in [-0.2, 0) is 14.8 Å². The number of aryl methyl sites for hydroxylation is 1. The van der Waals surface area contributed by atoms with Gasteiger partial charge in [-0.05, 0) is 36.8 Å². The molecule has 0 fully saturated rings. The zero-order valence-electron chi connectivity index (χ0n) is 12.8. The molecular formula is C16H17ClN2O3S. The van der Waals surface area contributed by atoms with E-state index in [4.69, 9.17) is 11.6 Å². The summed E-state index contributed by atoms with van der Waals surface area (Å²) in [4.78, 5) is 12.3. The highest BCUT2D eigenvalue weighted by atomic mass is 35.5. The predicted molar refractivity (Wildman–Crippen MR) is 91.1 cm³/mol. The van der Waals surface area contributed by atoms with Crippen molar-refractivity contribution in [2.45, 2.75) is 11.8 Å². The summed E-state index contributed by atoms with van der Waals surface area (Å²) < 4.78 is 25.7. The molecule has 2 aromatic rings. The molecule has 0 spiro atoms. The molecule has 2 rings (SSSR count). The van der Waals surface area contributed by atoms with Gasteiger partial charge in [-0.15, -0.1) is 0 Å². The van der Waals surface area contributed by atoms with Crippen molar-refractivity contribution in [3.8, 4) is 0 Å². The van der Waals surface area contributed by atoms with Gasteiger partial charge in [0.05, 0.1) is 11.4 Å². The minimum Gasteiger partial charge on any atom is -0.325 e. The smallest absolute Gasteiger partial charge is 0.243 e. The summed E-state index contributed by atoms with van der Waals surface area (Å²) in [6.45, 7) is 1.54. The van der Waals surface area contributed by atoms with Crippen molar-refractivity contribution in [2.75, 3.05) is 18.9 Å². The van der Waals surface area contributed by atoms with E-state index in [0.29, 0.717) is 10.7 Å². The number of sulfonamides is 1. The second-order valence-electron chi connectivity index (χ2n) is 5.08. The van der Waals surface area contributed by atoms with Crippen molar-refractivity contribution in [3.05, 3.63) is 59.1 Å². The molecule has 0 aromatic heterocycles. The Kier molecular flexibility index (Phi) is 5.41. The number of anilines is 1. The van der Waals surface area contributed by atoms with E-state index in [2.05, 4.69) is 5.32 Å². The highest BCUT2D eigenvalue weighted by molar-refractivity contribution is 7.89. The van der Waals surface area contributed by atoms with Crippen molar-refractivity contribution in [3.63, 3.8) is 0 Å². The van der Waals surface area contributed by atoms with Gasteiger partial charge in [-0.1, -0.05) is 35.9 Å². The highest BCUT2D eigenvalue weighted by Gasteiger charge is 2.22. The quantitative estimate of drug-likeness (QED) is 0.899. The van der Waals surface area contributed by atoms with Gasteiger partial charge in [-0.2, -0.15) is 4.31 Å². The number of hydrogen-bond acceptors (Lipinski definition) is 3. The Morgan fingerprint density at radius 3 is 2.48 bits per heavy atom. The minimum absolute atomic E-state index is 0.147. The third-order valence-corrected chi connectivity index (χ3v) is 5.34. The van der Waals surface area contributed by atoms with Gasteiger partial charge >= 0.3 is 0 Å². The lowest BCUT2D eigenvalue weighted by atomic mass is 10.2. The van der Waals surface area contributed by atoms with Crippen molar-refractivity contribution in [2.24, 2.45) is 0 Å². The number of rotatable bonds is 5. The van der Waals surface area contributed by atoms with Crippen molar-refractivity contribution in [1.82, 2.24) is 4.31 Å². The summed E-state index contributed by atoms with van der Waals surface area (Å²) in [5, 5.41) is 3.17. The van der Waals surface area contributed by atoms with Crippen molar-refractivity contribution < 1.29 is 13.2 Å². The van der Waals surface area contributed by atoms with Crippen LogP contribution in [0.5, 0.6) is 0 Å². The zero-order chi connectivity index (χ0) is 17.0. The molecule has 7 heteroatoms. The van der Waals surface area contributed by atoms with Gasteiger partial charge in [0, 0.05) is 17.8 Å². The lowest BCUT2D eigenvalue weighted by molar-refractivity contribution is -0.116. The summed E-state index contributed by atoms with van der Waals surface area (Å²) in [5.74, 6) is -0.433. The topological polar surface area (TPSA) is 66.5 Å². The van der Waals surface area contributed by atoms with Gasteiger partial charge in [0.1, 0.15) is 0 Å². The fourth-order valence-electron chi connectivity index (χ4n) is 1.98. The molecule has 0 bridgehead atoms. The number of likely N-dealkylation sites (N-methyl/N-ethyl adjacent to an activating group) is 1. The maximum atomic E-state index is 12.4. The molecular weight excluding hydrogens is 336 g/mol. The molecule has 0 aliphatic rings. The Morgan fingerprint density at radius 2 is 1.83 bits per heavy atom. The van der Waals surface area contributed by atoms with E-state index in [0.717, 1.165) is 9.87 Å². The standard InChI is InChI=1S/C16H17ClN2O3S/c1-12-8-9-13(17)10-15(12)18-16(20)11-19(2)23(21,22)14-6-4-3-5-7-14/h3-10H,11H2,1-2H3,(H,18,20). The molecule has 0 heterocycles. The Hall–Kier alpha value is -1.89. The monoisotopic (exact) mass is 352 g/mol. The van der Waals surface area contributed by atoms with Gasteiger partial charge in [0.15, 0.2) is 0 Å². The number of amides is 1. The third kappa shape index (κ3) is 4.31. The second kappa shape index (κ2) is 7.12. The SMILES string of the molecule is Cc1ccc(Cl)cc1NC(=O)CN(C)S(=O)(=O)c1ccccc1. The summed E-state index contributed by atoms with van der Waals surface area (Å²) in [5.41, 5.74) is 1.41. The summed E-state index contributed by atoms with van der Waals surface area (Å²) in [6, 6.07) is 13.1. The zero-order valence-corrected chi connectivity index (χ0v) is 14.4. The summed E-state index contributed by atoms with van der Waals surface area (Å²) >= 11 is 5.90. The van der Waals surface area contributed by atoms with E-state index in [-0.39, 0.29) is 11.4 Å². The molecule has 0 radical (unpaired) electrons. The molecule has 1 amide bonds. The lowest BCUT2D eigenvalue weighted by Crippen LogP contribution is -2.35. The molecule has 0 aliphatic carbocycles. The number of carbonyl (C=O) groups excluding carboxylic acids is 1. The molecule has 0 aliphatic heterocycles. The summed E-state index contributed by atoms with van der Waals surface area (Å²) in [7, 11) is -2.33. The Morgan fingerprint density at radius 1 is 1.17 bits per heavy atom. The molecule has 0 unspecified atom stereocenters. The van der Waals surface area contributed by atoms with Crippen LogP contribution in [-0.4, -0.2) is 32.2 Å². The number of benzene rings is 2. The van der Waals surface area contributed by atoms with E-state index >= 15 is 0 Å². The van der Waals surface area contributed by atoms with Crippen LogP contribution in [0.4, 0.5) is 5.69 Å². The van der Waals surface area contributed by atoms with Gasteiger partial charge in [0.2, 0.25) is 15.9 Å². The molecule has 0 atom stereocenters. The fourth-order valence-corrected chi connectivity index (χ4v) is 3.30. The number of halogens is 1. The first kappa shape index (κ1) is 17.5. The molecule has 122 valence electrons. The second-order valence-corrected chi connectivity index (χ2v) is 7.56. The van der Waals surface area contributed by atoms with Crippen LogP contribution < -0.4 is 5.32 Å². The normalized spacial score (nSPS) is 11.5. The Labute approximate surface area is 140 Å². The van der Waals surface area contributed by atoms with Crippen molar-refractivity contribution >= 4 is 33.2 Å².